The molecule has 0 saturated heterocycles. The van der Waals surface area contributed by atoms with Gasteiger partial charge in [-0.05, 0) is 74.4 Å². The summed E-state index contributed by atoms with van der Waals surface area (Å²) < 4.78 is 11.6. The Kier molecular flexibility index (Phi) is 5.23. The Morgan fingerprint density at radius 2 is 1.91 bits per heavy atom. The number of amides is 1. The summed E-state index contributed by atoms with van der Waals surface area (Å²) in [5.41, 5.74) is -0.632. The molecule has 126 valence electrons. The highest BCUT2D eigenvalue weighted by Crippen LogP contribution is 2.52. The Morgan fingerprint density at radius 1 is 1.30 bits per heavy atom. The van der Waals surface area contributed by atoms with Gasteiger partial charge in [-0.15, -0.1) is 0 Å². The quantitative estimate of drug-likeness (QED) is 0.585. The Balaban J connectivity index is 2.18. The minimum absolute atomic E-state index is 0.0916. The van der Waals surface area contributed by atoms with Crippen molar-refractivity contribution >= 4 is 34.7 Å². The van der Waals surface area contributed by atoms with Crippen LogP contribution in [-0.4, -0.2) is 29.8 Å². The van der Waals surface area contributed by atoms with Gasteiger partial charge in [0.2, 0.25) is 0 Å². The first-order valence-electron chi connectivity index (χ1n) is 7.62. The van der Waals surface area contributed by atoms with Crippen LogP contribution < -0.4 is 5.32 Å². The van der Waals surface area contributed by atoms with Crippen LogP contribution >= 0.6 is 22.6 Å². The third-order valence-electron chi connectivity index (χ3n) is 3.60. The Labute approximate surface area is 150 Å². The summed E-state index contributed by atoms with van der Waals surface area (Å²) >= 11 is 2.23. The number of hydrogen-bond donors (Lipinski definition) is 1. The predicted molar refractivity (Wildman–Crippen MR) is 95.3 cm³/mol. The van der Waals surface area contributed by atoms with E-state index in [1.165, 1.54) is 0 Å². The molecule has 1 aliphatic rings. The summed E-state index contributed by atoms with van der Waals surface area (Å²) in [5, 5.41) is 2.73. The number of carbonyl (C=O) groups is 2. The van der Waals surface area contributed by atoms with Gasteiger partial charge in [0.05, 0.1) is 6.61 Å². The van der Waals surface area contributed by atoms with Crippen LogP contribution in [0.2, 0.25) is 0 Å². The van der Waals surface area contributed by atoms with Crippen molar-refractivity contribution in [2.75, 3.05) is 6.61 Å². The van der Waals surface area contributed by atoms with E-state index in [0.29, 0.717) is 6.42 Å². The zero-order valence-corrected chi connectivity index (χ0v) is 16.0. The van der Waals surface area contributed by atoms with E-state index in [2.05, 4.69) is 27.9 Å². The first-order valence-corrected chi connectivity index (χ1v) is 8.69. The third-order valence-corrected chi connectivity index (χ3v) is 4.32. The minimum atomic E-state index is -1.02. The molecular weight excluding hydrogens is 409 g/mol. The van der Waals surface area contributed by atoms with Crippen molar-refractivity contribution in [3.05, 3.63) is 33.4 Å². The van der Waals surface area contributed by atoms with E-state index in [4.69, 9.17) is 9.47 Å². The normalized spacial score (nSPS) is 23.1. The summed E-state index contributed by atoms with van der Waals surface area (Å²) in [7, 11) is 0. The van der Waals surface area contributed by atoms with Crippen LogP contribution in [0.15, 0.2) is 24.3 Å². The van der Waals surface area contributed by atoms with Gasteiger partial charge in [0.15, 0.2) is 0 Å². The maximum Gasteiger partial charge on any atom is 0.408 e. The lowest BCUT2D eigenvalue weighted by Crippen LogP contribution is -2.47. The van der Waals surface area contributed by atoms with E-state index in [0.717, 1.165) is 9.13 Å². The van der Waals surface area contributed by atoms with Crippen LogP contribution in [0.4, 0.5) is 4.79 Å². The number of ether oxygens (including phenoxy) is 2. The molecule has 1 aromatic rings. The lowest BCUT2D eigenvalue weighted by molar-refractivity contribution is -0.147. The molecule has 0 heterocycles. The average Bonchev–Trinajstić information content (AvgIpc) is 3.13. The van der Waals surface area contributed by atoms with Crippen molar-refractivity contribution in [2.45, 2.75) is 51.2 Å². The lowest BCUT2D eigenvalue weighted by atomic mass is 10.1. The highest BCUT2D eigenvalue weighted by Gasteiger charge is 2.63. The molecule has 6 heteroatoms. The number of rotatable bonds is 4. The largest absolute Gasteiger partial charge is 0.464 e. The molecular formula is C17H22INO4. The van der Waals surface area contributed by atoms with Crippen LogP contribution in [0, 0.1) is 3.57 Å². The zero-order valence-electron chi connectivity index (χ0n) is 13.8. The number of hydrogen-bond acceptors (Lipinski definition) is 4. The van der Waals surface area contributed by atoms with Gasteiger partial charge >= 0.3 is 12.1 Å². The van der Waals surface area contributed by atoms with Gasteiger partial charge in [0.25, 0.3) is 0 Å². The first-order chi connectivity index (χ1) is 10.7. The molecule has 1 aliphatic carbocycles. The molecule has 23 heavy (non-hydrogen) atoms. The molecule has 2 rings (SSSR count). The second kappa shape index (κ2) is 6.67. The van der Waals surface area contributed by atoms with Gasteiger partial charge < -0.3 is 14.8 Å². The molecule has 1 fully saturated rings. The molecule has 1 amide bonds. The van der Waals surface area contributed by atoms with E-state index in [1.807, 2.05) is 24.3 Å². The van der Waals surface area contributed by atoms with Crippen molar-refractivity contribution in [3.63, 3.8) is 0 Å². The first kappa shape index (κ1) is 18.0. The predicted octanol–water partition coefficient (Wildman–Crippen LogP) is 3.61. The summed E-state index contributed by atoms with van der Waals surface area (Å²) in [6.07, 6.45) is -0.0790. The highest BCUT2D eigenvalue weighted by atomic mass is 127. The molecule has 0 spiro atoms. The summed E-state index contributed by atoms with van der Waals surface area (Å²) in [5.74, 6) is -0.500. The SMILES string of the molecule is CCOC(=O)C1(NC(=O)OC(C)(C)C)CC1c1ccc(I)cc1. The number of esters is 1. The van der Waals surface area contributed by atoms with Crippen molar-refractivity contribution in [1.29, 1.82) is 0 Å². The smallest absolute Gasteiger partial charge is 0.408 e. The van der Waals surface area contributed by atoms with Crippen LogP contribution in [-0.2, 0) is 14.3 Å². The van der Waals surface area contributed by atoms with Gasteiger partial charge in [-0.3, -0.25) is 0 Å². The third kappa shape index (κ3) is 4.37. The van der Waals surface area contributed by atoms with Gasteiger partial charge in [-0.1, -0.05) is 12.1 Å². The van der Waals surface area contributed by atoms with Crippen LogP contribution in [0.25, 0.3) is 0 Å². The zero-order chi connectivity index (χ0) is 17.3. The summed E-state index contributed by atoms with van der Waals surface area (Å²) in [6, 6.07) is 7.92. The van der Waals surface area contributed by atoms with Crippen molar-refractivity contribution < 1.29 is 19.1 Å². The van der Waals surface area contributed by atoms with Crippen LogP contribution in [0.1, 0.15) is 45.6 Å². The van der Waals surface area contributed by atoms with Crippen molar-refractivity contribution in [3.8, 4) is 0 Å². The van der Waals surface area contributed by atoms with Crippen LogP contribution in [0.3, 0.4) is 0 Å². The van der Waals surface area contributed by atoms with Gasteiger partial charge in [-0.2, -0.15) is 0 Å². The second-order valence-corrected chi connectivity index (χ2v) is 7.87. The fourth-order valence-corrected chi connectivity index (χ4v) is 2.88. The van der Waals surface area contributed by atoms with E-state index < -0.39 is 23.2 Å². The molecule has 0 aromatic heterocycles. The Bertz CT molecular complexity index is 594. The average molecular weight is 431 g/mol. The Morgan fingerprint density at radius 3 is 2.43 bits per heavy atom. The molecule has 1 N–H and O–H groups in total. The number of carbonyl (C=O) groups excluding carboxylic acids is 2. The summed E-state index contributed by atoms with van der Waals surface area (Å²) in [4.78, 5) is 24.5. The van der Waals surface area contributed by atoms with E-state index in [1.54, 1.807) is 27.7 Å². The maximum atomic E-state index is 12.4. The van der Waals surface area contributed by atoms with Crippen molar-refractivity contribution in [1.82, 2.24) is 5.32 Å². The molecule has 0 bridgehead atoms. The second-order valence-electron chi connectivity index (χ2n) is 6.63. The van der Waals surface area contributed by atoms with Crippen LogP contribution in [0.5, 0.6) is 0 Å². The highest BCUT2D eigenvalue weighted by molar-refractivity contribution is 14.1. The molecule has 0 radical (unpaired) electrons. The van der Waals surface area contributed by atoms with Gasteiger partial charge in [0.1, 0.15) is 11.1 Å². The maximum absolute atomic E-state index is 12.4. The molecule has 1 aromatic carbocycles. The summed E-state index contributed by atoms with van der Waals surface area (Å²) in [6.45, 7) is 7.38. The fraction of sp³-hybridized carbons (Fsp3) is 0.529. The van der Waals surface area contributed by atoms with Crippen molar-refractivity contribution in [2.24, 2.45) is 0 Å². The lowest BCUT2D eigenvalue weighted by Gasteiger charge is -2.23. The topological polar surface area (TPSA) is 64.6 Å². The number of alkyl carbamates (subject to hydrolysis) is 1. The molecule has 2 atom stereocenters. The molecule has 0 aliphatic heterocycles. The fourth-order valence-electron chi connectivity index (χ4n) is 2.52. The standard InChI is InChI=1S/C17H22INO4/c1-5-22-14(20)17(19-15(21)23-16(2,3)4)10-13(17)11-6-8-12(18)9-7-11/h6-9,13H,5,10H2,1-4H3,(H,19,21). The van der Waals surface area contributed by atoms with E-state index >= 15 is 0 Å². The minimum Gasteiger partial charge on any atom is -0.464 e. The van der Waals surface area contributed by atoms with Gasteiger partial charge in [0, 0.05) is 9.49 Å². The molecule has 5 nitrogen and oxygen atoms in total. The molecule has 1 saturated carbocycles. The van der Waals surface area contributed by atoms with Gasteiger partial charge in [-0.25, -0.2) is 9.59 Å². The monoisotopic (exact) mass is 431 g/mol. The number of nitrogens with one attached hydrogen (secondary N) is 1. The number of benzene rings is 1. The van der Waals surface area contributed by atoms with E-state index in [-0.39, 0.29) is 12.5 Å². The number of halogens is 1. The van der Waals surface area contributed by atoms with E-state index in [9.17, 15) is 9.59 Å². The Hall–Kier alpha value is -1.31. The molecule has 2 unspecified atom stereocenters.